The molecule has 0 bridgehead atoms. The predicted octanol–water partition coefficient (Wildman–Crippen LogP) is 0.659. The van der Waals surface area contributed by atoms with Crippen LogP contribution >= 0.6 is 15.9 Å². The molecule has 3 heterocycles. The lowest BCUT2D eigenvalue weighted by molar-refractivity contribution is -0.134. The Bertz CT molecular complexity index is 563. The molecule has 3 rings (SSSR count). The van der Waals surface area contributed by atoms with Crippen LogP contribution in [0.1, 0.15) is 10.6 Å². The summed E-state index contributed by atoms with van der Waals surface area (Å²) in [7, 11) is 0. The molecule has 2 fully saturated rings. The van der Waals surface area contributed by atoms with Crippen molar-refractivity contribution in [2.45, 2.75) is 0 Å². The lowest BCUT2D eigenvalue weighted by atomic mass is 10.2. The molecule has 2 aliphatic rings. The van der Waals surface area contributed by atoms with Gasteiger partial charge in [-0.2, -0.15) is 0 Å². The van der Waals surface area contributed by atoms with Gasteiger partial charge >= 0.3 is 0 Å². The molecular weight excluding hydrogens is 366 g/mol. The van der Waals surface area contributed by atoms with Crippen LogP contribution in [0.25, 0.3) is 0 Å². The number of piperazine rings is 1. The molecule has 0 aromatic carbocycles. The fraction of sp³-hybridized carbons (Fsp3) is 0.600. The Morgan fingerprint density at radius 2 is 1.65 bits per heavy atom. The first-order valence-corrected chi connectivity index (χ1v) is 8.55. The maximum absolute atomic E-state index is 12.3. The maximum Gasteiger partial charge on any atom is 0.289 e. The molecule has 1 aromatic heterocycles. The second-order valence-corrected chi connectivity index (χ2v) is 6.45. The van der Waals surface area contributed by atoms with Crippen LogP contribution < -0.4 is 0 Å². The first-order chi connectivity index (χ1) is 11.1. The van der Waals surface area contributed by atoms with Gasteiger partial charge in [0.05, 0.1) is 19.8 Å². The van der Waals surface area contributed by atoms with Gasteiger partial charge in [-0.05, 0) is 28.1 Å². The van der Waals surface area contributed by atoms with Gasteiger partial charge in [-0.25, -0.2) is 0 Å². The van der Waals surface area contributed by atoms with Crippen LogP contribution in [0.5, 0.6) is 0 Å². The molecule has 0 unspecified atom stereocenters. The summed E-state index contributed by atoms with van der Waals surface area (Å²) in [4.78, 5) is 30.3. The summed E-state index contributed by atoms with van der Waals surface area (Å²) in [5, 5.41) is 0. The van der Waals surface area contributed by atoms with E-state index in [2.05, 4.69) is 20.8 Å². The summed E-state index contributed by atoms with van der Waals surface area (Å²) in [5.41, 5.74) is 0. The van der Waals surface area contributed by atoms with Crippen LogP contribution in [0.15, 0.2) is 21.2 Å². The summed E-state index contributed by atoms with van der Waals surface area (Å²) in [6.07, 6.45) is 0. The number of carbonyl (C=O) groups is 2. The van der Waals surface area contributed by atoms with E-state index in [1.165, 1.54) is 0 Å². The Hall–Kier alpha value is -1.38. The molecular formula is C15H20BrN3O4. The second-order valence-electron chi connectivity index (χ2n) is 5.67. The highest BCUT2D eigenvalue weighted by Crippen LogP contribution is 2.16. The number of hydrogen-bond acceptors (Lipinski definition) is 5. The third-order valence-electron chi connectivity index (χ3n) is 4.17. The zero-order chi connectivity index (χ0) is 16.2. The molecule has 23 heavy (non-hydrogen) atoms. The smallest absolute Gasteiger partial charge is 0.289 e. The average Bonchev–Trinajstić information content (AvgIpc) is 3.02. The zero-order valence-corrected chi connectivity index (χ0v) is 14.5. The molecule has 126 valence electrons. The van der Waals surface area contributed by atoms with Crippen LogP contribution in [-0.4, -0.2) is 85.5 Å². The molecule has 2 amide bonds. The van der Waals surface area contributed by atoms with Crippen molar-refractivity contribution in [1.82, 2.24) is 14.7 Å². The van der Waals surface area contributed by atoms with Crippen LogP contribution in [0, 0.1) is 0 Å². The van der Waals surface area contributed by atoms with E-state index in [-0.39, 0.29) is 11.8 Å². The molecule has 0 saturated carbocycles. The fourth-order valence-electron chi connectivity index (χ4n) is 2.79. The van der Waals surface area contributed by atoms with Gasteiger partial charge in [0.2, 0.25) is 5.91 Å². The van der Waals surface area contributed by atoms with E-state index in [0.717, 1.165) is 13.1 Å². The van der Waals surface area contributed by atoms with Gasteiger partial charge in [0.1, 0.15) is 0 Å². The lowest BCUT2D eigenvalue weighted by Gasteiger charge is -2.36. The van der Waals surface area contributed by atoms with Crippen molar-refractivity contribution < 1.29 is 18.7 Å². The number of morpholine rings is 1. The second kappa shape index (κ2) is 7.46. The highest BCUT2D eigenvalue weighted by molar-refractivity contribution is 9.10. The summed E-state index contributed by atoms with van der Waals surface area (Å²) in [6.45, 7) is 5.62. The van der Waals surface area contributed by atoms with Crippen molar-refractivity contribution in [3.8, 4) is 0 Å². The van der Waals surface area contributed by atoms with Crippen molar-refractivity contribution in [2.75, 3.05) is 59.0 Å². The molecule has 8 heteroatoms. The first-order valence-electron chi connectivity index (χ1n) is 7.76. The van der Waals surface area contributed by atoms with Crippen LogP contribution in [0.4, 0.5) is 0 Å². The van der Waals surface area contributed by atoms with Gasteiger partial charge in [-0.15, -0.1) is 0 Å². The van der Waals surface area contributed by atoms with Gasteiger partial charge in [-0.3, -0.25) is 14.5 Å². The van der Waals surface area contributed by atoms with Crippen molar-refractivity contribution in [2.24, 2.45) is 0 Å². The molecule has 2 aliphatic heterocycles. The number of furan rings is 1. The Kier molecular flexibility index (Phi) is 5.34. The molecule has 0 spiro atoms. The van der Waals surface area contributed by atoms with Crippen molar-refractivity contribution in [3.05, 3.63) is 22.6 Å². The Labute approximate surface area is 143 Å². The number of hydrogen-bond donors (Lipinski definition) is 0. The van der Waals surface area contributed by atoms with Crippen molar-refractivity contribution >= 4 is 27.7 Å². The van der Waals surface area contributed by atoms with Gasteiger partial charge < -0.3 is 19.0 Å². The van der Waals surface area contributed by atoms with E-state index in [9.17, 15) is 9.59 Å². The van der Waals surface area contributed by atoms with Crippen molar-refractivity contribution in [1.29, 1.82) is 0 Å². The Morgan fingerprint density at radius 3 is 2.26 bits per heavy atom. The number of rotatable bonds is 3. The Balaban J connectivity index is 1.47. The number of ether oxygens (including phenoxy) is 1. The van der Waals surface area contributed by atoms with E-state index in [4.69, 9.17) is 9.15 Å². The quantitative estimate of drug-likeness (QED) is 0.764. The monoisotopic (exact) mass is 385 g/mol. The van der Waals surface area contributed by atoms with Gasteiger partial charge in [0.15, 0.2) is 10.4 Å². The minimum Gasteiger partial charge on any atom is -0.444 e. The third kappa shape index (κ3) is 4.13. The largest absolute Gasteiger partial charge is 0.444 e. The van der Waals surface area contributed by atoms with Crippen LogP contribution in [-0.2, 0) is 9.53 Å². The van der Waals surface area contributed by atoms with E-state index in [0.29, 0.717) is 56.4 Å². The van der Waals surface area contributed by atoms with E-state index >= 15 is 0 Å². The van der Waals surface area contributed by atoms with E-state index in [1.54, 1.807) is 17.0 Å². The molecule has 0 aliphatic carbocycles. The molecule has 7 nitrogen and oxygen atoms in total. The van der Waals surface area contributed by atoms with Gasteiger partial charge in [-0.1, -0.05) is 0 Å². The SMILES string of the molecule is O=C(CN1CCOCC1)N1CCN(C(=O)c2ccc(Br)o2)CC1. The lowest BCUT2D eigenvalue weighted by Crippen LogP contribution is -2.53. The predicted molar refractivity (Wildman–Crippen MR) is 86.2 cm³/mol. The molecule has 1 aromatic rings. The molecule has 0 radical (unpaired) electrons. The molecule has 0 atom stereocenters. The third-order valence-corrected chi connectivity index (χ3v) is 4.59. The number of amides is 2. The summed E-state index contributed by atoms with van der Waals surface area (Å²) in [6, 6.07) is 3.36. The standard InChI is InChI=1S/C15H20BrN3O4/c16-13-2-1-12(23-13)15(21)19-5-3-18(4-6-19)14(20)11-17-7-9-22-10-8-17/h1-2H,3-11H2. The number of nitrogens with zero attached hydrogens (tertiary/aromatic N) is 3. The number of carbonyl (C=O) groups excluding carboxylic acids is 2. The summed E-state index contributed by atoms with van der Waals surface area (Å²) < 4.78 is 11.1. The first kappa shape index (κ1) is 16.5. The zero-order valence-electron chi connectivity index (χ0n) is 12.9. The fourth-order valence-corrected chi connectivity index (χ4v) is 3.10. The average molecular weight is 386 g/mol. The highest BCUT2D eigenvalue weighted by atomic mass is 79.9. The normalized spacial score (nSPS) is 19.9. The summed E-state index contributed by atoms with van der Waals surface area (Å²) >= 11 is 3.20. The van der Waals surface area contributed by atoms with Gasteiger partial charge in [0, 0.05) is 39.3 Å². The molecule has 0 N–H and O–H groups in total. The van der Waals surface area contributed by atoms with Crippen LogP contribution in [0.3, 0.4) is 0 Å². The Morgan fingerprint density at radius 1 is 1.00 bits per heavy atom. The van der Waals surface area contributed by atoms with E-state index < -0.39 is 0 Å². The minimum atomic E-state index is -0.129. The summed E-state index contributed by atoms with van der Waals surface area (Å²) in [5.74, 6) is 0.320. The van der Waals surface area contributed by atoms with Crippen molar-refractivity contribution in [3.63, 3.8) is 0 Å². The minimum absolute atomic E-state index is 0.125. The number of halogens is 1. The topological polar surface area (TPSA) is 66.2 Å². The van der Waals surface area contributed by atoms with Gasteiger partial charge in [0.25, 0.3) is 5.91 Å². The van der Waals surface area contributed by atoms with Crippen LogP contribution in [0.2, 0.25) is 0 Å². The highest BCUT2D eigenvalue weighted by Gasteiger charge is 2.27. The maximum atomic E-state index is 12.3. The van der Waals surface area contributed by atoms with E-state index in [1.807, 2.05) is 4.90 Å². The molecule has 2 saturated heterocycles.